The average Bonchev–Trinajstić information content (AvgIpc) is 2.65. The second-order valence-electron chi connectivity index (χ2n) is 8.90. The van der Waals surface area contributed by atoms with Gasteiger partial charge in [0.1, 0.15) is 0 Å². The van der Waals surface area contributed by atoms with E-state index in [1.807, 2.05) is 0 Å². The maximum atomic E-state index is 7.06. The first-order valence-corrected chi connectivity index (χ1v) is 12.4. The van der Waals surface area contributed by atoms with Crippen molar-refractivity contribution in [1.29, 1.82) is 0 Å². The van der Waals surface area contributed by atoms with Crippen molar-refractivity contribution >= 4 is 0 Å². The van der Waals surface area contributed by atoms with Crippen LogP contribution < -0.4 is 5.73 Å². The first-order chi connectivity index (χ1) is 12.6. The third-order valence-electron chi connectivity index (χ3n) is 6.37. The van der Waals surface area contributed by atoms with E-state index in [0.717, 1.165) is 5.92 Å². The normalized spacial score (nSPS) is 13.3. The van der Waals surface area contributed by atoms with E-state index < -0.39 is 0 Å². The number of hydrogen-bond donors (Lipinski definition) is 1. The highest BCUT2D eigenvalue weighted by molar-refractivity contribution is 4.91. The first kappa shape index (κ1) is 26.0. The molecule has 0 amide bonds. The van der Waals surface area contributed by atoms with Crippen LogP contribution in [0.4, 0.5) is 0 Å². The summed E-state index contributed by atoms with van der Waals surface area (Å²) in [7, 11) is 0. The number of hydrogen-bond acceptors (Lipinski definition) is 1. The Balaban J connectivity index is 4.28. The molecule has 0 spiro atoms. The van der Waals surface area contributed by atoms with Gasteiger partial charge in [0.25, 0.3) is 0 Å². The molecular weight excluding hydrogens is 314 g/mol. The summed E-state index contributed by atoms with van der Waals surface area (Å²) in [4.78, 5) is 0. The van der Waals surface area contributed by atoms with E-state index in [2.05, 4.69) is 27.7 Å². The van der Waals surface area contributed by atoms with Crippen LogP contribution in [-0.4, -0.2) is 5.54 Å². The van der Waals surface area contributed by atoms with E-state index in [-0.39, 0.29) is 5.54 Å². The van der Waals surface area contributed by atoms with Gasteiger partial charge in [-0.3, -0.25) is 0 Å². The van der Waals surface area contributed by atoms with Crippen LogP contribution in [0, 0.1) is 5.92 Å². The predicted molar refractivity (Wildman–Crippen MR) is 121 cm³/mol. The summed E-state index contributed by atoms with van der Waals surface area (Å²) in [5.74, 6) is 0.755. The molecule has 0 aliphatic carbocycles. The van der Waals surface area contributed by atoms with E-state index in [1.54, 1.807) is 0 Å². The molecule has 0 aliphatic rings. The molecule has 0 rings (SSSR count). The SMILES string of the molecule is CCCCCCCCCCCC(CCCC)C(N)(CCCC)CCCC. The van der Waals surface area contributed by atoms with Crippen LogP contribution in [0.3, 0.4) is 0 Å². The third kappa shape index (κ3) is 13.2. The molecule has 0 saturated heterocycles. The van der Waals surface area contributed by atoms with Crippen LogP contribution >= 0.6 is 0 Å². The minimum Gasteiger partial charge on any atom is -0.325 e. The molecule has 0 aromatic carbocycles. The molecule has 0 radical (unpaired) electrons. The van der Waals surface area contributed by atoms with Crippen molar-refractivity contribution in [2.24, 2.45) is 11.7 Å². The molecule has 0 bridgehead atoms. The van der Waals surface area contributed by atoms with Crippen LogP contribution in [0.2, 0.25) is 0 Å². The van der Waals surface area contributed by atoms with Gasteiger partial charge in [-0.1, -0.05) is 124 Å². The summed E-state index contributed by atoms with van der Waals surface area (Å²) in [6.07, 6.45) is 25.9. The van der Waals surface area contributed by atoms with E-state index in [4.69, 9.17) is 5.73 Å². The largest absolute Gasteiger partial charge is 0.325 e. The molecule has 0 aromatic heterocycles. The lowest BCUT2D eigenvalue weighted by atomic mass is 9.72. The Morgan fingerprint density at radius 3 is 1.35 bits per heavy atom. The standard InChI is InChI=1S/C25H53N/c1-5-9-13-14-15-16-17-18-19-21-24(20-10-6-2)25(26,22-11-7-3)23-12-8-4/h24H,5-23,26H2,1-4H3. The molecule has 1 nitrogen and oxygen atoms in total. The van der Waals surface area contributed by atoms with Crippen molar-refractivity contribution in [1.82, 2.24) is 0 Å². The Labute approximate surface area is 167 Å². The molecule has 2 N–H and O–H groups in total. The van der Waals surface area contributed by atoms with Gasteiger partial charge in [-0.15, -0.1) is 0 Å². The van der Waals surface area contributed by atoms with Gasteiger partial charge in [0.05, 0.1) is 0 Å². The lowest BCUT2D eigenvalue weighted by Gasteiger charge is -2.39. The van der Waals surface area contributed by atoms with E-state index in [1.165, 1.54) is 122 Å². The van der Waals surface area contributed by atoms with Crippen molar-refractivity contribution in [2.75, 3.05) is 0 Å². The number of unbranched alkanes of at least 4 members (excludes halogenated alkanes) is 11. The van der Waals surface area contributed by atoms with Gasteiger partial charge in [-0.25, -0.2) is 0 Å². The molecule has 0 fully saturated rings. The summed E-state index contributed by atoms with van der Waals surface area (Å²) in [6, 6.07) is 0. The van der Waals surface area contributed by atoms with Crippen LogP contribution in [0.25, 0.3) is 0 Å². The Hall–Kier alpha value is -0.0400. The maximum absolute atomic E-state index is 7.06. The summed E-state index contributed by atoms with van der Waals surface area (Å²) in [5.41, 5.74) is 7.18. The molecule has 158 valence electrons. The fraction of sp³-hybridized carbons (Fsp3) is 1.00. The smallest absolute Gasteiger partial charge is 0.0182 e. The minimum atomic E-state index is 0.112. The summed E-state index contributed by atoms with van der Waals surface area (Å²) in [6.45, 7) is 9.24. The first-order valence-electron chi connectivity index (χ1n) is 12.4. The van der Waals surface area contributed by atoms with E-state index in [0.29, 0.717) is 0 Å². The van der Waals surface area contributed by atoms with Gasteiger partial charge in [-0.05, 0) is 31.6 Å². The Kier molecular flexibility index (Phi) is 18.3. The second kappa shape index (κ2) is 18.3. The van der Waals surface area contributed by atoms with Gasteiger partial charge in [0, 0.05) is 5.54 Å². The molecule has 0 heterocycles. The molecule has 1 unspecified atom stereocenters. The Morgan fingerprint density at radius 1 is 0.500 bits per heavy atom. The van der Waals surface area contributed by atoms with Crippen molar-refractivity contribution in [3.05, 3.63) is 0 Å². The zero-order chi connectivity index (χ0) is 19.5. The van der Waals surface area contributed by atoms with E-state index in [9.17, 15) is 0 Å². The molecule has 26 heavy (non-hydrogen) atoms. The number of nitrogens with two attached hydrogens (primary N) is 1. The van der Waals surface area contributed by atoms with Gasteiger partial charge in [0.15, 0.2) is 0 Å². The van der Waals surface area contributed by atoms with Crippen LogP contribution in [0.15, 0.2) is 0 Å². The van der Waals surface area contributed by atoms with Crippen LogP contribution in [-0.2, 0) is 0 Å². The lowest BCUT2D eigenvalue weighted by Crippen LogP contribution is -2.47. The highest BCUT2D eigenvalue weighted by Crippen LogP contribution is 2.34. The topological polar surface area (TPSA) is 26.0 Å². The summed E-state index contributed by atoms with van der Waals surface area (Å²) in [5, 5.41) is 0. The van der Waals surface area contributed by atoms with Crippen molar-refractivity contribution in [3.63, 3.8) is 0 Å². The fourth-order valence-corrected chi connectivity index (χ4v) is 4.42. The van der Waals surface area contributed by atoms with Gasteiger partial charge in [0.2, 0.25) is 0 Å². The Bertz CT molecular complexity index is 265. The molecule has 1 heteroatoms. The third-order valence-corrected chi connectivity index (χ3v) is 6.37. The fourth-order valence-electron chi connectivity index (χ4n) is 4.42. The van der Waals surface area contributed by atoms with E-state index >= 15 is 0 Å². The quantitative estimate of drug-likeness (QED) is 0.214. The monoisotopic (exact) mass is 367 g/mol. The molecular formula is C25H53N. The van der Waals surface area contributed by atoms with Crippen LogP contribution in [0.1, 0.15) is 150 Å². The maximum Gasteiger partial charge on any atom is 0.0182 e. The highest BCUT2D eigenvalue weighted by atomic mass is 14.8. The molecule has 0 aliphatic heterocycles. The Morgan fingerprint density at radius 2 is 0.885 bits per heavy atom. The average molecular weight is 368 g/mol. The second-order valence-corrected chi connectivity index (χ2v) is 8.90. The predicted octanol–water partition coefficient (Wildman–Crippen LogP) is 8.79. The van der Waals surface area contributed by atoms with Crippen molar-refractivity contribution < 1.29 is 0 Å². The van der Waals surface area contributed by atoms with Crippen molar-refractivity contribution in [2.45, 2.75) is 155 Å². The zero-order valence-electron chi connectivity index (χ0n) is 19.1. The minimum absolute atomic E-state index is 0.112. The van der Waals surface area contributed by atoms with Crippen LogP contribution in [0.5, 0.6) is 0 Å². The van der Waals surface area contributed by atoms with Crippen molar-refractivity contribution in [3.8, 4) is 0 Å². The van der Waals surface area contributed by atoms with Gasteiger partial charge < -0.3 is 5.73 Å². The summed E-state index contributed by atoms with van der Waals surface area (Å²) < 4.78 is 0. The molecule has 0 saturated carbocycles. The van der Waals surface area contributed by atoms with Gasteiger partial charge in [-0.2, -0.15) is 0 Å². The summed E-state index contributed by atoms with van der Waals surface area (Å²) >= 11 is 0. The molecule has 1 atom stereocenters. The lowest BCUT2D eigenvalue weighted by molar-refractivity contribution is 0.193. The molecule has 0 aromatic rings. The number of rotatable bonds is 20. The zero-order valence-corrected chi connectivity index (χ0v) is 19.1. The van der Waals surface area contributed by atoms with Gasteiger partial charge >= 0.3 is 0 Å². The highest BCUT2D eigenvalue weighted by Gasteiger charge is 2.32.